The van der Waals surface area contributed by atoms with E-state index in [1.165, 1.54) is 17.8 Å². The molecular weight excluding hydrogens is 220 g/mol. The summed E-state index contributed by atoms with van der Waals surface area (Å²) in [5.74, 6) is 0.666. The molecule has 0 radical (unpaired) electrons. The molecule has 1 aromatic heterocycles. The molecule has 1 aromatic rings. The molecule has 2 heterocycles. The number of nitrogens with zero attached hydrogens (tertiary/aromatic N) is 1. The minimum absolute atomic E-state index is 0.150. The number of thiophene rings is 1. The van der Waals surface area contributed by atoms with Crippen molar-refractivity contribution in [2.24, 2.45) is 11.7 Å². The van der Waals surface area contributed by atoms with Gasteiger partial charge in [-0.25, -0.2) is 0 Å². The number of amides is 1. The topological polar surface area (TPSA) is 46.3 Å². The molecule has 4 heteroatoms. The summed E-state index contributed by atoms with van der Waals surface area (Å²) in [5, 5.41) is 1.94. The van der Waals surface area contributed by atoms with Gasteiger partial charge in [0.15, 0.2) is 0 Å². The number of carbonyl (C=O) groups excluding carboxylic acids is 1. The zero-order valence-electron chi connectivity index (χ0n) is 9.56. The molecule has 3 nitrogen and oxygen atoms in total. The minimum atomic E-state index is 0.150. The fourth-order valence-electron chi connectivity index (χ4n) is 2.40. The van der Waals surface area contributed by atoms with E-state index in [0.29, 0.717) is 12.5 Å². The lowest BCUT2D eigenvalue weighted by Crippen LogP contribution is -2.51. The highest BCUT2D eigenvalue weighted by Gasteiger charge is 2.31. The van der Waals surface area contributed by atoms with Gasteiger partial charge >= 0.3 is 0 Å². The zero-order valence-corrected chi connectivity index (χ0v) is 10.4. The minimum Gasteiger partial charge on any atom is -0.333 e. The molecule has 0 spiro atoms. The summed E-state index contributed by atoms with van der Waals surface area (Å²) in [6.45, 7) is 3.60. The number of likely N-dealkylation sites (tertiary alicyclic amines) is 1. The molecule has 2 atom stereocenters. The average Bonchev–Trinajstić information content (AvgIpc) is 2.81. The maximum absolute atomic E-state index is 12.3. The lowest BCUT2D eigenvalue weighted by atomic mass is 9.90. The maximum atomic E-state index is 12.3. The first-order chi connectivity index (χ1) is 7.74. The van der Waals surface area contributed by atoms with Crippen molar-refractivity contribution in [3.05, 3.63) is 22.4 Å². The van der Waals surface area contributed by atoms with Gasteiger partial charge < -0.3 is 10.6 Å². The Labute approximate surface area is 100 Å². The summed E-state index contributed by atoms with van der Waals surface area (Å²) < 4.78 is 0. The number of hydrogen-bond acceptors (Lipinski definition) is 3. The predicted molar refractivity (Wildman–Crippen MR) is 66.6 cm³/mol. The van der Waals surface area contributed by atoms with Crippen LogP contribution in [0.4, 0.5) is 0 Å². The van der Waals surface area contributed by atoms with Gasteiger partial charge in [0, 0.05) is 19.1 Å². The van der Waals surface area contributed by atoms with E-state index in [1.807, 2.05) is 22.4 Å². The van der Waals surface area contributed by atoms with Crippen molar-refractivity contribution in [3.63, 3.8) is 0 Å². The van der Waals surface area contributed by atoms with Gasteiger partial charge in [-0.05, 0) is 30.2 Å². The van der Waals surface area contributed by atoms with E-state index in [2.05, 4.69) is 6.92 Å². The van der Waals surface area contributed by atoms with Crippen LogP contribution in [0, 0.1) is 5.92 Å². The lowest BCUT2D eigenvalue weighted by Gasteiger charge is -2.39. The van der Waals surface area contributed by atoms with Gasteiger partial charge in [0.25, 0.3) is 5.91 Å². The molecule has 0 saturated carbocycles. The Morgan fingerprint density at radius 2 is 2.50 bits per heavy atom. The van der Waals surface area contributed by atoms with Gasteiger partial charge in [-0.3, -0.25) is 4.79 Å². The Balaban J connectivity index is 2.15. The second kappa shape index (κ2) is 4.97. The van der Waals surface area contributed by atoms with Gasteiger partial charge in [-0.15, -0.1) is 11.3 Å². The second-order valence-electron chi connectivity index (χ2n) is 4.40. The molecule has 2 unspecified atom stereocenters. The van der Waals surface area contributed by atoms with Crippen molar-refractivity contribution in [3.8, 4) is 0 Å². The third-order valence-corrected chi connectivity index (χ3v) is 4.21. The highest BCUT2D eigenvalue weighted by Crippen LogP contribution is 2.25. The van der Waals surface area contributed by atoms with Crippen molar-refractivity contribution < 1.29 is 4.79 Å². The number of piperidine rings is 1. The first kappa shape index (κ1) is 11.6. The van der Waals surface area contributed by atoms with E-state index in [4.69, 9.17) is 5.73 Å². The lowest BCUT2D eigenvalue weighted by molar-refractivity contribution is 0.0537. The van der Waals surface area contributed by atoms with Crippen molar-refractivity contribution in [2.45, 2.75) is 25.8 Å². The Bertz CT molecular complexity index is 350. The van der Waals surface area contributed by atoms with E-state index < -0.39 is 0 Å². The Morgan fingerprint density at radius 3 is 3.12 bits per heavy atom. The van der Waals surface area contributed by atoms with Crippen LogP contribution in [0.25, 0.3) is 0 Å². The summed E-state index contributed by atoms with van der Waals surface area (Å²) in [6.07, 6.45) is 2.27. The van der Waals surface area contributed by atoms with E-state index in [-0.39, 0.29) is 11.9 Å². The van der Waals surface area contributed by atoms with Crippen LogP contribution in [0.2, 0.25) is 0 Å². The number of nitrogens with two attached hydrogens (primary N) is 1. The van der Waals surface area contributed by atoms with Gasteiger partial charge in [0.05, 0.1) is 4.88 Å². The van der Waals surface area contributed by atoms with Crippen molar-refractivity contribution >= 4 is 17.2 Å². The molecule has 1 aliphatic rings. The highest BCUT2D eigenvalue weighted by molar-refractivity contribution is 7.12. The van der Waals surface area contributed by atoms with E-state index >= 15 is 0 Å². The van der Waals surface area contributed by atoms with E-state index in [9.17, 15) is 4.79 Å². The van der Waals surface area contributed by atoms with E-state index in [1.54, 1.807) is 0 Å². The van der Waals surface area contributed by atoms with Gasteiger partial charge in [0.1, 0.15) is 0 Å². The van der Waals surface area contributed by atoms with Gasteiger partial charge in [0.2, 0.25) is 0 Å². The Kier molecular flexibility index (Phi) is 3.61. The normalized spacial score (nSPS) is 25.8. The number of rotatable bonds is 2. The SMILES string of the molecule is CC1CCCN(C(=O)c2cccs2)C1CN. The molecular formula is C12H18N2OS. The molecule has 1 saturated heterocycles. The third-order valence-electron chi connectivity index (χ3n) is 3.35. The van der Waals surface area contributed by atoms with Crippen molar-refractivity contribution in [1.82, 2.24) is 4.90 Å². The van der Waals surface area contributed by atoms with Gasteiger partial charge in [-0.1, -0.05) is 13.0 Å². The Hall–Kier alpha value is -0.870. The summed E-state index contributed by atoms with van der Waals surface area (Å²) in [6, 6.07) is 4.02. The number of hydrogen-bond donors (Lipinski definition) is 1. The largest absolute Gasteiger partial charge is 0.333 e. The predicted octanol–water partition coefficient (Wildman–Crippen LogP) is 1.95. The average molecular weight is 238 g/mol. The van der Waals surface area contributed by atoms with E-state index in [0.717, 1.165) is 17.8 Å². The van der Waals surface area contributed by atoms with Crippen LogP contribution in [0.15, 0.2) is 17.5 Å². The zero-order chi connectivity index (χ0) is 11.5. The quantitative estimate of drug-likeness (QED) is 0.856. The van der Waals surface area contributed by atoms with Crippen LogP contribution >= 0.6 is 11.3 Å². The summed E-state index contributed by atoms with van der Waals surface area (Å²) in [4.78, 5) is 15.0. The number of carbonyl (C=O) groups is 1. The Morgan fingerprint density at radius 1 is 1.69 bits per heavy atom. The van der Waals surface area contributed by atoms with Crippen molar-refractivity contribution in [2.75, 3.05) is 13.1 Å². The molecule has 16 heavy (non-hydrogen) atoms. The smallest absolute Gasteiger partial charge is 0.264 e. The van der Waals surface area contributed by atoms with Crippen LogP contribution in [0.5, 0.6) is 0 Å². The van der Waals surface area contributed by atoms with Crippen LogP contribution in [0.1, 0.15) is 29.4 Å². The summed E-state index contributed by atoms with van der Waals surface area (Å²) in [7, 11) is 0. The molecule has 2 rings (SSSR count). The molecule has 1 fully saturated rings. The third kappa shape index (κ3) is 2.13. The fourth-order valence-corrected chi connectivity index (χ4v) is 3.08. The molecule has 1 amide bonds. The maximum Gasteiger partial charge on any atom is 0.264 e. The highest BCUT2D eigenvalue weighted by atomic mass is 32.1. The molecule has 0 aliphatic carbocycles. The van der Waals surface area contributed by atoms with Crippen LogP contribution < -0.4 is 5.73 Å². The molecule has 2 N–H and O–H groups in total. The van der Waals surface area contributed by atoms with Crippen molar-refractivity contribution in [1.29, 1.82) is 0 Å². The molecule has 0 aromatic carbocycles. The van der Waals surface area contributed by atoms with Crippen LogP contribution in [0.3, 0.4) is 0 Å². The first-order valence-corrected chi connectivity index (χ1v) is 6.66. The molecule has 88 valence electrons. The van der Waals surface area contributed by atoms with Crippen LogP contribution in [-0.4, -0.2) is 29.9 Å². The fraction of sp³-hybridized carbons (Fsp3) is 0.583. The second-order valence-corrected chi connectivity index (χ2v) is 5.35. The summed E-state index contributed by atoms with van der Waals surface area (Å²) in [5.41, 5.74) is 5.78. The molecule has 0 bridgehead atoms. The first-order valence-electron chi connectivity index (χ1n) is 5.78. The summed E-state index contributed by atoms with van der Waals surface area (Å²) >= 11 is 1.51. The van der Waals surface area contributed by atoms with Gasteiger partial charge in [-0.2, -0.15) is 0 Å². The monoisotopic (exact) mass is 238 g/mol. The van der Waals surface area contributed by atoms with Crippen LogP contribution in [-0.2, 0) is 0 Å². The molecule has 1 aliphatic heterocycles. The standard InChI is InChI=1S/C12H18N2OS/c1-9-4-2-6-14(10(9)8-13)12(15)11-5-3-7-16-11/h3,5,7,9-10H,2,4,6,8,13H2,1H3.